The van der Waals surface area contributed by atoms with Gasteiger partial charge in [0.2, 0.25) is 0 Å². The standard InChI is InChI=1S/C33H36O8/c1-16(2)8-9-20-26-19(11-12-30(4,5)39-26)24(34)23-25(35)21-14-18-15-22-31(6,7)41-32(28(18)36,13-10-17(3)29(37)38)33(21,22)40-27(20)23/h8,10-12,14,18,22,34H,9,13,15H2,1-7H3,(H,37,38)/b17-10-/t18-,22?,32?,33-/m0/s1. The molecule has 41 heavy (non-hydrogen) atoms. The molecule has 1 spiro atoms. The van der Waals surface area contributed by atoms with E-state index < -0.39 is 40.1 Å². The minimum absolute atomic E-state index is 0.0513. The van der Waals surface area contributed by atoms with E-state index >= 15 is 0 Å². The number of fused-ring (bicyclic) bond motifs is 2. The van der Waals surface area contributed by atoms with Gasteiger partial charge in [0, 0.05) is 35.0 Å². The SMILES string of the molecule is CC(C)=CCc1c2c(c(O)c3c1O[C@@]14C(=C[C@H]5CC1C(C)(C)OC4(C/C=C(/C)C(=O)O)C5=O)C3=O)C=CC(C)(C)O2. The minimum Gasteiger partial charge on any atom is -0.506 e. The number of carboxylic acid groups (broad SMARTS) is 1. The van der Waals surface area contributed by atoms with Crippen LogP contribution in [0.5, 0.6) is 17.2 Å². The van der Waals surface area contributed by atoms with Crippen molar-refractivity contribution in [3.63, 3.8) is 0 Å². The Morgan fingerprint density at radius 1 is 1.07 bits per heavy atom. The summed E-state index contributed by atoms with van der Waals surface area (Å²) in [6.45, 7) is 13.0. The number of aromatic hydroxyl groups is 1. The lowest BCUT2D eigenvalue weighted by Gasteiger charge is -2.56. The first-order valence-electron chi connectivity index (χ1n) is 14.1. The molecule has 4 bridgehead atoms. The summed E-state index contributed by atoms with van der Waals surface area (Å²) >= 11 is 0. The van der Waals surface area contributed by atoms with Gasteiger partial charge in [0.25, 0.3) is 0 Å². The number of Topliss-reactive ketones (excluding diaryl/α,β-unsaturated/α-hetero) is 2. The number of ketones is 2. The molecule has 1 saturated heterocycles. The Morgan fingerprint density at radius 2 is 1.78 bits per heavy atom. The lowest BCUT2D eigenvalue weighted by Crippen LogP contribution is -2.72. The maximum atomic E-state index is 14.5. The molecule has 7 rings (SSSR count). The Hall–Kier alpha value is -3.65. The normalized spacial score (nSPS) is 31.4. The molecule has 0 amide bonds. The molecule has 8 nitrogen and oxygen atoms in total. The average Bonchev–Trinajstić information content (AvgIpc) is 3.03. The summed E-state index contributed by atoms with van der Waals surface area (Å²) in [4.78, 5) is 40.4. The zero-order valence-corrected chi connectivity index (χ0v) is 24.5. The number of ether oxygens (including phenoxy) is 3. The molecule has 1 aromatic rings. The van der Waals surface area contributed by atoms with Crippen molar-refractivity contribution in [3.8, 4) is 17.2 Å². The zero-order valence-electron chi connectivity index (χ0n) is 24.5. The van der Waals surface area contributed by atoms with Crippen LogP contribution in [0.2, 0.25) is 0 Å². The third-order valence-corrected chi connectivity index (χ3v) is 9.37. The van der Waals surface area contributed by atoms with Gasteiger partial charge in [-0.25, -0.2) is 4.79 Å². The number of aliphatic carboxylic acids is 1. The smallest absolute Gasteiger partial charge is 0.330 e. The van der Waals surface area contributed by atoms with Crippen LogP contribution in [-0.2, 0) is 20.7 Å². The molecule has 2 fully saturated rings. The van der Waals surface area contributed by atoms with Crippen molar-refractivity contribution in [2.24, 2.45) is 11.8 Å². The highest BCUT2D eigenvalue weighted by Gasteiger charge is 2.81. The molecular weight excluding hydrogens is 524 g/mol. The highest BCUT2D eigenvalue weighted by molar-refractivity contribution is 6.19. The van der Waals surface area contributed by atoms with E-state index in [-0.39, 0.29) is 40.8 Å². The number of benzene rings is 1. The van der Waals surface area contributed by atoms with Crippen molar-refractivity contribution < 1.29 is 38.8 Å². The molecule has 3 heterocycles. The first kappa shape index (κ1) is 27.5. The van der Waals surface area contributed by atoms with Gasteiger partial charge in [-0.2, -0.15) is 0 Å². The molecular formula is C33H36O8. The summed E-state index contributed by atoms with van der Waals surface area (Å²) in [7, 11) is 0. The van der Waals surface area contributed by atoms with Crippen molar-refractivity contribution in [2.75, 3.05) is 0 Å². The van der Waals surface area contributed by atoms with Crippen LogP contribution in [0.1, 0.15) is 82.8 Å². The minimum atomic E-state index is -1.61. The monoisotopic (exact) mass is 560 g/mol. The molecule has 2 N–H and O–H groups in total. The molecule has 1 aromatic carbocycles. The number of hydrogen-bond donors (Lipinski definition) is 2. The molecule has 3 aliphatic heterocycles. The molecule has 1 saturated carbocycles. The van der Waals surface area contributed by atoms with Crippen LogP contribution < -0.4 is 9.47 Å². The molecule has 216 valence electrons. The maximum absolute atomic E-state index is 14.5. The highest BCUT2D eigenvalue weighted by Crippen LogP contribution is 2.68. The van der Waals surface area contributed by atoms with Crippen LogP contribution in [0.3, 0.4) is 0 Å². The molecule has 2 unspecified atom stereocenters. The fraction of sp³-hybridized carbons (Fsp3) is 0.485. The Balaban J connectivity index is 1.66. The summed E-state index contributed by atoms with van der Waals surface area (Å²) in [6.07, 6.45) is 9.54. The van der Waals surface area contributed by atoms with E-state index in [4.69, 9.17) is 14.2 Å². The lowest BCUT2D eigenvalue weighted by molar-refractivity contribution is -0.171. The summed E-state index contributed by atoms with van der Waals surface area (Å²) in [5.74, 6) is -2.29. The largest absolute Gasteiger partial charge is 0.506 e. The van der Waals surface area contributed by atoms with Crippen LogP contribution in [0.4, 0.5) is 0 Å². The van der Waals surface area contributed by atoms with E-state index in [1.165, 1.54) is 13.0 Å². The third kappa shape index (κ3) is 3.52. The first-order valence-corrected chi connectivity index (χ1v) is 14.1. The molecule has 4 atom stereocenters. The number of allylic oxidation sites excluding steroid dienone is 3. The fourth-order valence-electron chi connectivity index (χ4n) is 7.44. The first-order chi connectivity index (χ1) is 19.1. The quantitative estimate of drug-likeness (QED) is 0.357. The molecule has 0 aromatic heterocycles. The fourth-order valence-corrected chi connectivity index (χ4v) is 7.44. The van der Waals surface area contributed by atoms with Crippen molar-refractivity contribution in [3.05, 3.63) is 57.7 Å². The van der Waals surface area contributed by atoms with E-state index in [1.54, 1.807) is 12.2 Å². The lowest BCUT2D eigenvalue weighted by atomic mass is 9.51. The van der Waals surface area contributed by atoms with Gasteiger partial charge in [-0.3, -0.25) is 9.59 Å². The van der Waals surface area contributed by atoms with Gasteiger partial charge < -0.3 is 24.4 Å². The number of phenols is 1. The summed E-state index contributed by atoms with van der Waals surface area (Å²) in [5.41, 5.74) is -2.14. The van der Waals surface area contributed by atoms with Gasteiger partial charge in [-0.05, 0) is 73.5 Å². The Bertz CT molecular complexity index is 1560. The predicted molar refractivity (Wildman–Crippen MR) is 151 cm³/mol. The topological polar surface area (TPSA) is 119 Å². The summed E-state index contributed by atoms with van der Waals surface area (Å²) in [6, 6.07) is 0. The zero-order chi connectivity index (χ0) is 29.9. The van der Waals surface area contributed by atoms with Gasteiger partial charge in [0.15, 0.2) is 22.8 Å². The van der Waals surface area contributed by atoms with Crippen molar-refractivity contribution in [2.45, 2.75) is 90.1 Å². The van der Waals surface area contributed by atoms with E-state index in [0.717, 1.165) is 5.57 Å². The van der Waals surface area contributed by atoms with Crippen LogP contribution >= 0.6 is 0 Å². The Kier molecular flexibility index (Phi) is 5.67. The van der Waals surface area contributed by atoms with Crippen molar-refractivity contribution in [1.82, 2.24) is 0 Å². The van der Waals surface area contributed by atoms with Gasteiger partial charge >= 0.3 is 5.97 Å². The van der Waals surface area contributed by atoms with E-state index in [0.29, 0.717) is 35.3 Å². The predicted octanol–water partition coefficient (Wildman–Crippen LogP) is 5.51. The molecule has 6 aliphatic rings. The van der Waals surface area contributed by atoms with E-state index in [1.807, 2.05) is 53.7 Å². The molecule has 8 heteroatoms. The number of carbonyl (C=O) groups excluding carboxylic acids is 2. The molecule has 3 aliphatic carbocycles. The van der Waals surface area contributed by atoms with Crippen LogP contribution in [0.15, 0.2) is 41.0 Å². The number of carbonyl (C=O) groups is 3. The maximum Gasteiger partial charge on any atom is 0.330 e. The molecule has 0 radical (unpaired) electrons. The number of rotatable bonds is 5. The summed E-state index contributed by atoms with van der Waals surface area (Å²) in [5, 5.41) is 21.1. The van der Waals surface area contributed by atoms with Gasteiger partial charge in [0.05, 0.1) is 11.2 Å². The number of carboxylic acids is 1. The second-order valence-electron chi connectivity index (χ2n) is 13.2. The second kappa shape index (κ2) is 8.44. The number of hydrogen-bond acceptors (Lipinski definition) is 7. The average molecular weight is 561 g/mol. The Morgan fingerprint density at radius 3 is 2.44 bits per heavy atom. The highest BCUT2D eigenvalue weighted by atomic mass is 16.6. The van der Waals surface area contributed by atoms with Gasteiger partial charge in [-0.1, -0.05) is 23.8 Å². The van der Waals surface area contributed by atoms with Crippen molar-refractivity contribution in [1.29, 1.82) is 0 Å². The van der Waals surface area contributed by atoms with Crippen molar-refractivity contribution >= 4 is 23.6 Å². The second-order valence-corrected chi connectivity index (χ2v) is 13.2. The van der Waals surface area contributed by atoms with Crippen LogP contribution in [0.25, 0.3) is 6.08 Å². The Labute approximate surface area is 239 Å². The van der Waals surface area contributed by atoms with E-state index in [2.05, 4.69) is 0 Å². The van der Waals surface area contributed by atoms with Crippen LogP contribution in [-0.4, -0.2) is 50.2 Å². The van der Waals surface area contributed by atoms with Gasteiger partial charge in [-0.15, -0.1) is 0 Å². The van der Waals surface area contributed by atoms with Gasteiger partial charge in [0.1, 0.15) is 28.4 Å². The summed E-state index contributed by atoms with van der Waals surface area (Å²) < 4.78 is 20.1. The number of phenolic OH excluding ortho intramolecular Hbond substituents is 1. The third-order valence-electron chi connectivity index (χ3n) is 9.37. The van der Waals surface area contributed by atoms with E-state index in [9.17, 15) is 24.6 Å². The van der Waals surface area contributed by atoms with Crippen LogP contribution in [0, 0.1) is 11.8 Å².